The molecule has 0 radical (unpaired) electrons. The van der Waals surface area contributed by atoms with Crippen molar-refractivity contribution in [1.82, 2.24) is 4.98 Å². The van der Waals surface area contributed by atoms with Crippen LogP contribution in [0.25, 0.3) is 0 Å². The molecule has 0 saturated heterocycles. The third-order valence-corrected chi connectivity index (χ3v) is 2.52. The maximum Gasteiger partial charge on any atom is 0.293 e. The van der Waals surface area contributed by atoms with E-state index in [0.717, 1.165) is 0 Å². The molecular weight excluding hydrogens is 271 g/mol. The van der Waals surface area contributed by atoms with Crippen LogP contribution in [0.3, 0.4) is 0 Å². The number of nitrogen functional groups attached to an aromatic ring is 1. The number of nitrogens with zero attached hydrogens (tertiary/aromatic N) is 1. The summed E-state index contributed by atoms with van der Waals surface area (Å²) in [5.41, 5.74) is 6.69. The minimum atomic E-state index is 0.257. The molecule has 76 valence electrons. The van der Waals surface area contributed by atoms with Crippen LogP contribution in [0.5, 0.6) is 0 Å². The van der Waals surface area contributed by atoms with E-state index in [2.05, 4.69) is 25.7 Å². The van der Waals surface area contributed by atoms with Gasteiger partial charge in [-0.15, -0.1) is 0 Å². The lowest BCUT2D eigenvalue weighted by Crippen LogP contribution is -2.01. The number of carbonyl (C=O) groups excluding carboxylic acids is 1. The molecule has 0 aliphatic heterocycles. The maximum absolute atomic E-state index is 9.90. The normalized spacial score (nSPS) is 9.86. The van der Waals surface area contributed by atoms with Gasteiger partial charge in [-0.3, -0.25) is 4.79 Å². The molecule has 0 spiro atoms. The topological polar surface area (TPSA) is 65.2 Å². The summed E-state index contributed by atoms with van der Waals surface area (Å²) in [5.74, 6) is 0. The van der Waals surface area contributed by atoms with Crippen LogP contribution in [0.15, 0.2) is 10.7 Å². The van der Waals surface area contributed by atoms with Crippen LogP contribution < -0.4 is 5.73 Å². The minimum absolute atomic E-state index is 0.257. The molecule has 2 N–H and O–H groups in total. The fraction of sp³-hybridized carbons (Fsp3) is 0.250. The Hall–Kier alpha value is -0.810. The standard InChI is InChI=1S/C8H8BrClN2O2/c9-8-6(11)3-5(10)7(12-8)1-2-14-4-13/h3-4H,1-2,11H2. The van der Waals surface area contributed by atoms with Crippen molar-refractivity contribution < 1.29 is 9.53 Å². The predicted octanol–water partition coefficient (Wildman–Crippen LogP) is 1.80. The molecule has 1 aromatic heterocycles. The summed E-state index contributed by atoms with van der Waals surface area (Å²) in [6, 6.07) is 1.61. The first-order valence-electron chi connectivity index (χ1n) is 3.80. The van der Waals surface area contributed by atoms with Crippen molar-refractivity contribution in [2.24, 2.45) is 0 Å². The number of pyridine rings is 1. The van der Waals surface area contributed by atoms with Gasteiger partial charge in [0, 0.05) is 6.42 Å². The van der Waals surface area contributed by atoms with Gasteiger partial charge in [0.05, 0.1) is 23.0 Å². The molecule has 1 heterocycles. The highest BCUT2D eigenvalue weighted by atomic mass is 79.9. The third-order valence-electron chi connectivity index (χ3n) is 1.55. The molecule has 0 fully saturated rings. The highest BCUT2D eigenvalue weighted by Gasteiger charge is 2.06. The molecule has 0 saturated carbocycles. The van der Waals surface area contributed by atoms with Crippen molar-refractivity contribution in [3.8, 4) is 0 Å². The van der Waals surface area contributed by atoms with Crippen molar-refractivity contribution >= 4 is 39.7 Å². The average molecular weight is 280 g/mol. The Balaban J connectivity index is 2.76. The average Bonchev–Trinajstić information content (AvgIpc) is 2.14. The fourth-order valence-corrected chi connectivity index (χ4v) is 1.48. The largest absolute Gasteiger partial charge is 0.467 e. The van der Waals surface area contributed by atoms with Crippen LogP contribution in [-0.2, 0) is 16.0 Å². The molecule has 0 amide bonds. The lowest BCUT2D eigenvalue weighted by molar-refractivity contribution is -0.128. The summed E-state index contributed by atoms with van der Waals surface area (Å²) in [5, 5.41) is 0.472. The second-order valence-electron chi connectivity index (χ2n) is 2.51. The van der Waals surface area contributed by atoms with Crippen LogP contribution in [-0.4, -0.2) is 18.1 Å². The number of rotatable bonds is 4. The second-order valence-corrected chi connectivity index (χ2v) is 3.67. The van der Waals surface area contributed by atoms with E-state index in [0.29, 0.717) is 33.9 Å². The third kappa shape index (κ3) is 2.85. The fourth-order valence-electron chi connectivity index (χ4n) is 0.895. The van der Waals surface area contributed by atoms with Crippen LogP contribution in [0, 0.1) is 0 Å². The Morgan fingerprint density at radius 2 is 2.43 bits per heavy atom. The Kier molecular flexibility index (Phi) is 4.16. The van der Waals surface area contributed by atoms with E-state index in [1.807, 2.05) is 0 Å². The van der Waals surface area contributed by atoms with Gasteiger partial charge < -0.3 is 10.5 Å². The number of ether oxygens (including phenoxy) is 1. The summed E-state index contributed by atoms with van der Waals surface area (Å²) >= 11 is 9.06. The summed E-state index contributed by atoms with van der Waals surface area (Å²) in [6.45, 7) is 0.646. The van der Waals surface area contributed by atoms with Crippen molar-refractivity contribution in [3.63, 3.8) is 0 Å². The van der Waals surface area contributed by atoms with E-state index in [9.17, 15) is 4.79 Å². The zero-order chi connectivity index (χ0) is 10.6. The van der Waals surface area contributed by atoms with Crippen LogP contribution in [0.2, 0.25) is 5.02 Å². The maximum atomic E-state index is 9.90. The van der Waals surface area contributed by atoms with Gasteiger partial charge in [-0.05, 0) is 22.0 Å². The van der Waals surface area contributed by atoms with Crippen LogP contribution in [0.4, 0.5) is 5.69 Å². The van der Waals surface area contributed by atoms with Crippen molar-refractivity contribution in [1.29, 1.82) is 0 Å². The number of halogens is 2. The Morgan fingerprint density at radius 1 is 1.71 bits per heavy atom. The highest BCUT2D eigenvalue weighted by Crippen LogP contribution is 2.24. The molecule has 1 aromatic rings. The molecule has 1 rings (SSSR count). The quantitative estimate of drug-likeness (QED) is 0.518. The molecule has 0 unspecified atom stereocenters. The molecule has 0 atom stereocenters. The first kappa shape index (κ1) is 11.3. The lowest BCUT2D eigenvalue weighted by Gasteiger charge is -2.05. The van der Waals surface area contributed by atoms with E-state index in [-0.39, 0.29) is 6.61 Å². The van der Waals surface area contributed by atoms with E-state index in [4.69, 9.17) is 17.3 Å². The molecule has 0 aliphatic carbocycles. The Morgan fingerprint density at radius 3 is 3.07 bits per heavy atom. The van der Waals surface area contributed by atoms with Gasteiger partial charge in [0.1, 0.15) is 4.60 Å². The second kappa shape index (κ2) is 5.17. The zero-order valence-corrected chi connectivity index (χ0v) is 9.51. The van der Waals surface area contributed by atoms with Gasteiger partial charge in [-0.1, -0.05) is 11.6 Å². The van der Waals surface area contributed by atoms with Crippen LogP contribution >= 0.6 is 27.5 Å². The number of hydrogen-bond donors (Lipinski definition) is 1. The van der Waals surface area contributed by atoms with Gasteiger partial charge in [0.15, 0.2) is 0 Å². The SMILES string of the molecule is Nc1cc(Cl)c(CCOC=O)nc1Br. The van der Waals surface area contributed by atoms with Gasteiger partial charge in [-0.2, -0.15) is 0 Å². The first-order valence-corrected chi connectivity index (χ1v) is 4.98. The molecule has 0 bridgehead atoms. The molecule has 4 nitrogen and oxygen atoms in total. The summed E-state index contributed by atoms with van der Waals surface area (Å²) in [6.07, 6.45) is 0.469. The van der Waals surface area contributed by atoms with Crippen LogP contribution in [0.1, 0.15) is 5.69 Å². The minimum Gasteiger partial charge on any atom is -0.467 e. The monoisotopic (exact) mass is 278 g/mol. The Bertz CT molecular complexity index is 346. The predicted molar refractivity (Wildman–Crippen MR) is 57.1 cm³/mol. The van der Waals surface area contributed by atoms with Gasteiger partial charge in [-0.25, -0.2) is 4.98 Å². The molecule has 0 aliphatic rings. The van der Waals surface area contributed by atoms with Crippen molar-refractivity contribution in [2.75, 3.05) is 12.3 Å². The first-order chi connectivity index (χ1) is 6.65. The summed E-state index contributed by atoms with van der Waals surface area (Å²) in [7, 11) is 0. The Labute approximate surface area is 94.5 Å². The summed E-state index contributed by atoms with van der Waals surface area (Å²) in [4.78, 5) is 14.0. The van der Waals surface area contributed by atoms with E-state index >= 15 is 0 Å². The van der Waals surface area contributed by atoms with Crippen molar-refractivity contribution in [3.05, 3.63) is 21.4 Å². The number of hydrogen-bond acceptors (Lipinski definition) is 4. The summed E-state index contributed by atoms with van der Waals surface area (Å²) < 4.78 is 5.08. The van der Waals surface area contributed by atoms with Gasteiger partial charge in [0.25, 0.3) is 6.47 Å². The van der Waals surface area contributed by atoms with E-state index in [1.165, 1.54) is 0 Å². The zero-order valence-electron chi connectivity index (χ0n) is 7.17. The van der Waals surface area contributed by atoms with Gasteiger partial charge >= 0.3 is 0 Å². The molecule has 0 aromatic carbocycles. The van der Waals surface area contributed by atoms with Gasteiger partial charge in [0.2, 0.25) is 0 Å². The molecule has 6 heteroatoms. The number of anilines is 1. The van der Waals surface area contributed by atoms with E-state index < -0.39 is 0 Å². The number of aromatic nitrogens is 1. The number of nitrogens with two attached hydrogens (primary N) is 1. The van der Waals surface area contributed by atoms with E-state index in [1.54, 1.807) is 6.07 Å². The van der Waals surface area contributed by atoms with Crippen molar-refractivity contribution in [2.45, 2.75) is 6.42 Å². The lowest BCUT2D eigenvalue weighted by atomic mass is 10.3. The number of carbonyl (C=O) groups is 1. The molecular formula is C8H8BrClN2O2. The highest BCUT2D eigenvalue weighted by molar-refractivity contribution is 9.10. The molecule has 14 heavy (non-hydrogen) atoms. The smallest absolute Gasteiger partial charge is 0.293 e.